The zero-order valence-electron chi connectivity index (χ0n) is 21.6. The lowest BCUT2D eigenvalue weighted by molar-refractivity contribution is 0.00706. The van der Waals surface area contributed by atoms with Crippen molar-refractivity contribution in [3.8, 4) is 11.3 Å². The fraction of sp³-hybridized carbons (Fsp3) is 0.276. The number of nitrogens with zero attached hydrogens (tertiary/aromatic N) is 2. The van der Waals surface area contributed by atoms with Gasteiger partial charge in [0.05, 0.1) is 17.3 Å². The Kier molecular flexibility index (Phi) is 7.11. The van der Waals surface area contributed by atoms with E-state index in [-0.39, 0.29) is 27.9 Å². The highest BCUT2D eigenvalue weighted by atomic mass is 35.5. The number of esters is 1. The Morgan fingerprint density at radius 2 is 1.84 bits per heavy atom. The second kappa shape index (κ2) is 9.98. The van der Waals surface area contributed by atoms with Crippen molar-refractivity contribution in [3.63, 3.8) is 0 Å². The largest absolute Gasteiger partial charge is 0.456 e. The molecule has 0 bridgehead atoms. The van der Waals surface area contributed by atoms with Gasteiger partial charge in [-0.15, -0.1) is 0 Å². The maximum atomic E-state index is 14.8. The number of pyridine rings is 1. The number of hydrogen-bond acceptors (Lipinski definition) is 5. The average Bonchev–Trinajstić information content (AvgIpc) is 2.81. The second-order valence-electron chi connectivity index (χ2n) is 10.1. The molecule has 0 spiro atoms. The molecule has 0 aliphatic carbocycles. The van der Waals surface area contributed by atoms with Crippen LogP contribution >= 0.6 is 11.6 Å². The van der Waals surface area contributed by atoms with Crippen LogP contribution in [0, 0.1) is 19.7 Å². The fourth-order valence-electron chi connectivity index (χ4n) is 4.19. The lowest BCUT2D eigenvalue weighted by atomic mass is 10.0. The Morgan fingerprint density at radius 3 is 2.51 bits per heavy atom. The van der Waals surface area contributed by atoms with Crippen molar-refractivity contribution in [2.75, 3.05) is 5.32 Å². The minimum Gasteiger partial charge on any atom is -0.456 e. The van der Waals surface area contributed by atoms with Gasteiger partial charge in [0.1, 0.15) is 17.1 Å². The van der Waals surface area contributed by atoms with Crippen LogP contribution in [0.1, 0.15) is 60.8 Å². The SMILES string of the molecule is Cc1cc(C(C)Nc2ccccc2C(=O)OC(C)(C)C)c2nc(-c3ccc(Cl)cc3F)c(C)c(=O)n2c1. The molecule has 0 aliphatic heterocycles. The number of halogens is 2. The van der Waals surface area contributed by atoms with Crippen LogP contribution in [-0.2, 0) is 4.74 Å². The number of aromatic nitrogens is 2. The Morgan fingerprint density at radius 1 is 1.14 bits per heavy atom. The van der Waals surface area contributed by atoms with Gasteiger partial charge in [-0.1, -0.05) is 23.7 Å². The van der Waals surface area contributed by atoms with Crippen LogP contribution in [0.5, 0.6) is 0 Å². The van der Waals surface area contributed by atoms with Crippen molar-refractivity contribution >= 4 is 28.9 Å². The van der Waals surface area contributed by atoms with Crippen molar-refractivity contribution in [2.45, 2.75) is 53.2 Å². The Labute approximate surface area is 220 Å². The first-order chi connectivity index (χ1) is 17.4. The van der Waals surface area contributed by atoms with E-state index < -0.39 is 17.4 Å². The number of benzene rings is 2. The van der Waals surface area contributed by atoms with E-state index >= 15 is 0 Å². The van der Waals surface area contributed by atoms with Crippen LogP contribution < -0.4 is 10.9 Å². The molecule has 0 saturated carbocycles. The standard InChI is InChI=1S/C29H29ClFN3O3/c1-16-13-22(18(3)32-24-10-8-7-9-21(24)28(36)37-29(4,5)6)26-33-25(17(2)27(35)34(26)15-16)20-12-11-19(30)14-23(20)31/h7-15,18,32H,1-6H3. The van der Waals surface area contributed by atoms with Gasteiger partial charge in [0, 0.05) is 33.6 Å². The maximum Gasteiger partial charge on any atom is 0.340 e. The van der Waals surface area contributed by atoms with Crippen molar-refractivity contribution in [1.29, 1.82) is 0 Å². The number of carbonyl (C=O) groups is 1. The van der Waals surface area contributed by atoms with Gasteiger partial charge in [-0.25, -0.2) is 14.2 Å². The Balaban J connectivity index is 1.83. The van der Waals surface area contributed by atoms with E-state index in [2.05, 4.69) is 5.32 Å². The third kappa shape index (κ3) is 5.52. The minimum absolute atomic E-state index is 0.198. The normalized spacial score (nSPS) is 12.4. The first-order valence-electron chi connectivity index (χ1n) is 11.9. The van der Waals surface area contributed by atoms with Crippen molar-refractivity contribution in [1.82, 2.24) is 9.38 Å². The molecule has 0 radical (unpaired) electrons. The van der Waals surface area contributed by atoms with Crippen LogP contribution in [0.25, 0.3) is 16.9 Å². The van der Waals surface area contributed by atoms with E-state index in [9.17, 15) is 14.0 Å². The summed E-state index contributed by atoms with van der Waals surface area (Å²) in [7, 11) is 0. The molecule has 0 aliphatic rings. The fourth-order valence-corrected chi connectivity index (χ4v) is 4.35. The van der Waals surface area contributed by atoms with Gasteiger partial charge < -0.3 is 10.1 Å². The Bertz CT molecular complexity index is 1570. The molecule has 6 nitrogen and oxygen atoms in total. The first kappa shape index (κ1) is 26.4. The zero-order chi connectivity index (χ0) is 27.1. The van der Waals surface area contributed by atoms with E-state index in [0.29, 0.717) is 28.0 Å². The third-order valence-electron chi connectivity index (χ3n) is 5.89. The van der Waals surface area contributed by atoms with Gasteiger partial charge in [-0.3, -0.25) is 9.20 Å². The van der Waals surface area contributed by atoms with Gasteiger partial charge in [0.25, 0.3) is 5.56 Å². The number of para-hydroxylation sites is 1. The Hall–Kier alpha value is -3.71. The molecule has 1 N–H and O–H groups in total. The number of anilines is 1. The number of rotatable bonds is 5. The molecule has 2 heterocycles. The van der Waals surface area contributed by atoms with E-state index in [1.807, 2.05) is 46.8 Å². The summed E-state index contributed by atoms with van der Waals surface area (Å²) in [6.45, 7) is 10.9. The molecule has 1 unspecified atom stereocenters. The quantitative estimate of drug-likeness (QED) is 0.289. The highest BCUT2D eigenvalue weighted by Gasteiger charge is 2.23. The topological polar surface area (TPSA) is 72.7 Å². The molecule has 8 heteroatoms. The number of ether oxygens (including phenoxy) is 1. The van der Waals surface area contributed by atoms with Gasteiger partial charge in [-0.05, 0) is 83.5 Å². The molecule has 4 rings (SSSR count). The predicted molar refractivity (Wildman–Crippen MR) is 145 cm³/mol. The maximum absolute atomic E-state index is 14.8. The molecule has 192 valence electrons. The molecule has 1 atom stereocenters. The van der Waals surface area contributed by atoms with Crippen LogP contribution in [0.4, 0.5) is 10.1 Å². The number of hydrogen-bond donors (Lipinski definition) is 1. The molecule has 4 aromatic rings. The summed E-state index contributed by atoms with van der Waals surface area (Å²) in [5.41, 5.74) is 2.78. The van der Waals surface area contributed by atoms with Crippen LogP contribution in [-0.4, -0.2) is 21.0 Å². The summed E-state index contributed by atoms with van der Waals surface area (Å²) >= 11 is 5.93. The smallest absolute Gasteiger partial charge is 0.340 e. The number of carbonyl (C=O) groups excluding carboxylic acids is 1. The lowest BCUT2D eigenvalue weighted by Gasteiger charge is -2.23. The number of fused-ring (bicyclic) bond motifs is 1. The summed E-state index contributed by atoms with van der Waals surface area (Å²) in [6.07, 6.45) is 1.71. The van der Waals surface area contributed by atoms with E-state index in [0.717, 1.165) is 5.56 Å². The predicted octanol–water partition coefficient (Wildman–Crippen LogP) is 6.90. The summed E-state index contributed by atoms with van der Waals surface area (Å²) < 4.78 is 21.9. The van der Waals surface area contributed by atoms with E-state index in [4.69, 9.17) is 21.3 Å². The number of nitrogens with one attached hydrogen (secondary N) is 1. The molecule has 37 heavy (non-hydrogen) atoms. The molecule has 2 aromatic heterocycles. The average molecular weight is 522 g/mol. The highest BCUT2D eigenvalue weighted by Crippen LogP contribution is 2.30. The van der Waals surface area contributed by atoms with Gasteiger partial charge >= 0.3 is 5.97 Å². The van der Waals surface area contributed by atoms with Crippen molar-refractivity contribution < 1.29 is 13.9 Å². The molecule has 0 amide bonds. The molecule has 0 saturated heterocycles. The molecular formula is C29H29ClFN3O3. The highest BCUT2D eigenvalue weighted by molar-refractivity contribution is 6.30. The zero-order valence-corrected chi connectivity index (χ0v) is 22.4. The molecular weight excluding hydrogens is 493 g/mol. The number of aryl methyl sites for hydroxylation is 1. The molecule has 0 fully saturated rings. The second-order valence-corrected chi connectivity index (χ2v) is 10.5. The van der Waals surface area contributed by atoms with Gasteiger partial charge in [0.15, 0.2) is 0 Å². The van der Waals surface area contributed by atoms with Gasteiger partial charge in [-0.2, -0.15) is 0 Å². The molecule has 2 aromatic carbocycles. The minimum atomic E-state index is -0.640. The van der Waals surface area contributed by atoms with Crippen LogP contribution in [0.15, 0.2) is 59.5 Å². The summed E-state index contributed by atoms with van der Waals surface area (Å²) in [5, 5.41) is 3.64. The lowest BCUT2D eigenvalue weighted by Crippen LogP contribution is -2.25. The van der Waals surface area contributed by atoms with Crippen LogP contribution in [0.2, 0.25) is 5.02 Å². The van der Waals surface area contributed by atoms with E-state index in [1.54, 1.807) is 37.4 Å². The summed E-state index contributed by atoms with van der Waals surface area (Å²) in [6, 6.07) is 12.9. The monoisotopic (exact) mass is 521 g/mol. The summed E-state index contributed by atoms with van der Waals surface area (Å²) in [5.74, 6) is -1.000. The first-order valence-corrected chi connectivity index (χ1v) is 12.3. The summed E-state index contributed by atoms with van der Waals surface area (Å²) in [4.78, 5) is 30.9. The third-order valence-corrected chi connectivity index (χ3v) is 6.12. The van der Waals surface area contributed by atoms with Crippen LogP contribution in [0.3, 0.4) is 0 Å². The van der Waals surface area contributed by atoms with Gasteiger partial charge in [0.2, 0.25) is 0 Å². The van der Waals surface area contributed by atoms with Crippen molar-refractivity contribution in [3.05, 3.63) is 98.2 Å². The van der Waals surface area contributed by atoms with E-state index in [1.165, 1.54) is 16.5 Å². The van der Waals surface area contributed by atoms with Crippen molar-refractivity contribution in [2.24, 2.45) is 0 Å².